The zero-order valence-electron chi connectivity index (χ0n) is 13.5. The molecule has 1 heterocycles. The molecule has 8 heteroatoms. The Hall–Kier alpha value is -2.12. The van der Waals surface area contributed by atoms with E-state index in [2.05, 4.69) is 4.98 Å². The Morgan fingerprint density at radius 1 is 1.15 bits per heavy atom. The van der Waals surface area contributed by atoms with Crippen LogP contribution in [0.25, 0.3) is 5.57 Å². The Morgan fingerprint density at radius 3 is 2.42 bits per heavy atom. The zero-order chi connectivity index (χ0) is 19.1. The van der Waals surface area contributed by atoms with Crippen LogP contribution in [0.3, 0.4) is 0 Å². The van der Waals surface area contributed by atoms with E-state index in [9.17, 15) is 21.6 Å². The Labute approximate surface area is 153 Å². The third kappa shape index (κ3) is 3.83. The number of aromatic nitrogens is 1. The molecule has 3 nitrogen and oxygen atoms in total. The van der Waals surface area contributed by atoms with Crippen LogP contribution < -0.4 is 0 Å². The second-order valence-electron chi connectivity index (χ2n) is 5.90. The minimum absolute atomic E-state index is 0.00700. The van der Waals surface area contributed by atoms with E-state index in [-0.39, 0.29) is 4.90 Å². The van der Waals surface area contributed by atoms with Crippen LogP contribution in [0.1, 0.15) is 17.2 Å². The van der Waals surface area contributed by atoms with Gasteiger partial charge in [0.15, 0.2) is 9.84 Å². The molecule has 1 aliphatic rings. The van der Waals surface area contributed by atoms with E-state index in [1.807, 2.05) is 0 Å². The number of benzene rings is 1. The van der Waals surface area contributed by atoms with Crippen molar-refractivity contribution >= 4 is 27.0 Å². The molecule has 3 rings (SSSR count). The highest BCUT2D eigenvalue weighted by Crippen LogP contribution is 2.44. The normalized spacial score (nSPS) is 17.8. The number of hydrogen-bond donors (Lipinski definition) is 0. The molecule has 0 amide bonds. The van der Waals surface area contributed by atoms with Crippen LogP contribution in [-0.4, -0.2) is 25.8 Å². The standard InChI is InChI=1S/C18H13ClF3NO2S/c1-26(24,25)14-5-6-17(23-10-14)16-9-12(18(20,21)22)8-15(16)11-3-2-4-13(19)7-11/h2-10,16H,1H3. The number of allylic oxidation sites excluding steroid dienone is 4. The highest BCUT2D eigenvalue weighted by Gasteiger charge is 2.38. The fourth-order valence-electron chi connectivity index (χ4n) is 2.72. The first-order chi connectivity index (χ1) is 12.1. The van der Waals surface area contributed by atoms with Gasteiger partial charge in [0, 0.05) is 23.4 Å². The van der Waals surface area contributed by atoms with Gasteiger partial charge in [-0.15, -0.1) is 0 Å². The van der Waals surface area contributed by atoms with Crippen LogP contribution in [0.2, 0.25) is 5.02 Å². The van der Waals surface area contributed by atoms with Crippen molar-refractivity contribution in [3.05, 3.63) is 76.6 Å². The average molecular weight is 400 g/mol. The molecule has 1 aliphatic carbocycles. The SMILES string of the molecule is CS(=O)(=O)c1ccc(C2C=C(C(F)(F)F)C=C2c2cccc(Cl)c2)nc1. The smallest absolute Gasteiger partial charge is 0.259 e. The van der Waals surface area contributed by atoms with E-state index < -0.39 is 27.5 Å². The molecule has 26 heavy (non-hydrogen) atoms. The first kappa shape index (κ1) is 18.7. The molecule has 0 fully saturated rings. The molecule has 1 atom stereocenters. The summed E-state index contributed by atoms with van der Waals surface area (Å²) < 4.78 is 62.7. The van der Waals surface area contributed by atoms with Crippen molar-refractivity contribution in [2.75, 3.05) is 6.26 Å². The third-order valence-electron chi connectivity index (χ3n) is 3.98. The minimum Gasteiger partial charge on any atom is -0.259 e. The van der Waals surface area contributed by atoms with Crippen molar-refractivity contribution < 1.29 is 21.6 Å². The van der Waals surface area contributed by atoms with Gasteiger partial charge in [0.2, 0.25) is 0 Å². The van der Waals surface area contributed by atoms with Crippen LogP contribution in [0.15, 0.2) is 65.2 Å². The lowest BCUT2D eigenvalue weighted by Gasteiger charge is -2.14. The van der Waals surface area contributed by atoms with Crippen LogP contribution in [0, 0.1) is 0 Å². The Bertz CT molecular complexity index is 1010. The summed E-state index contributed by atoms with van der Waals surface area (Å²) in [7, 11) is -3.44. The molecule has 1 aromatic carbocycles. The summed E-state index contributed by atoms with van der Waals surface area (Å²) in [5.41, 5.74) is 0.501. The molecule has 136 valence electrons. The summed E-state index contributed by atoms with van der Waals surface area (Å²) in [5, 5.41) is 0.406. The van der Waals surface area contributed by atoms with Crippen LogP contribution in [0.4, 0.5) is 13.2 Å². The van der Waals surface area contributed by atoms with Gasteiger partial charge >= 0.3 is 6.18 Å². The van der Waals surface area contributed by atoms with Gasteiger partial charge in [0.1, 0.15) is 0 Å². The molecular formula is C18H13ClF3NO2S. The number of sulfone groups is 1. The van der Waals surface area contributed by atoms with Crippen LogP contribution >= 0.6 is 11.6 Å². The molecule has 0 spiro atoms. The Kier molecular flexibility index (Phi) is 4.71. The first-order valence-electron chi connectivity index (χ1n) is 7.48. The molecule has 0 aliphatic heterocycles. The Morgan fingerprint density at radius 2 is 1.88 bits per heavy atom. The number of pyridine rings is 1. The van der Waals surface area contributed by atoms with Crippen LogP contribution in [-0.2, 0) is 9.84 Å². The lowest BCUT2D eigenvalue weighted by molar-refractivity contribution is -0.0880. The number of alkyl halides is 3. The topological polar surface area (TPSA) is 47.0 Å². The maximum Gasteiger partial charge on any atom is 0.416 e. The molecule has 0 bridgehead atoms. The van der Waals surface area contributed by atoms with Gasteiger partial charge in [0.25, 0.3) is 0 Å². The second kappa shape index (κ2) is 6.55. The first-order valence-corrected chi connectivity index (χ1v) is 9.75. The lowest BCUT2D eigenvalue weighted by atomic mass is 9.92. The monoisotopic (exact) mass is 399 g/mol. The van der Waals surface area contributed by atoms with Gasteiger partial charge < -0.3 is 0 Å². The molecular weight excluding hydrogens is 387 g/mol. The Balaban J connectivity index is 2.08. The van der Waals surface area contributed by atoms with Crippen molar-refractivity contribution in [3.63, 3.8) is 0 Å². The fourth-order valence-corrected chi connectivity index (χ4v) is 3.47. The number of nitrogens with zero attached hydrogens (tertiary/aromatic N) is 1. The van der Waals surface area contributed by atoms with Gasteiger partial charge in [-0.2, -0.15) is 13.2 Å². The summed E-state index contributed by atoms with van der Waals surface area (Å²) in [6, 6.07) is 9.30. The largest absolute Gasteiger partial charge is 0.416 e. The zero-order valence-corrected chi connectivity index (χ0v) is 15.0. The van der Waals surface area contributed by atoms with Crippen molar-refractivity contribution in [2.45, 2.75) is 17.0 Å². The average Bonchev–Trinajstić information content (AvgIpc) is 3.00. The van der Waals surface area contributed by atoms with Crippen molar-refractivity contribution in [3.8, 4) is 0 Å². The molecule has 1 unspecified atom stereocenters. The summed E-state index contributed by atoms with van der Waals surface area (Å²) in [6.07, 6.45) is -0.148. The van der Waals surface area contributed by atoms with E-state index in [1.165, 1.54) is 12.1 Å². The number of rotatable bonds is 3. The van der Waals surface area contributed by atoms with Gasteiger partial charge in [-0.3, -0.25) is 4.98 Å². The van der Waals surface area contributed by atoms with E-state index in [1.54, 1.807) is 24.3 Å². The van der Waals surface area contributed by atoms with Gasteiger partial charge in [-0.1, -0.05) is 29.8 Å². The summed E-state index contributed by atoms with van der Waals surface area (Å²) in [4.78, 5) is 4.08. The quantitative estimate of drug-likeness (QED) is 0.744. The van der Waals surface area contributed by atoms with E-state index >= 15 is 0 Å². The predicted molar refractivity (Wildman–Crippen MR) is 93.7 cm³/mol. The molecule has 2 aromatic rings. The highest BCUT2D eigenvalue weighted by molar-refractivity contribution is 7.90. The molecule has 0 saturated carbocycles. The summed E-state index contributed by atoms with van der Waals surface area (Å²) in [6.45, 7) is 0. The highest BCUT2D eigenvalue weighted by atomic mass is 35.5. The lowest BCUT2D eigenvalue weighted by Crippen LogP contribution is -2.08. The molecule has 0 radical (unpaired) electrons. The van der Waals surface area contributed by atoms with Gasteiger partial charge in [-0.25, -0.2) is 8.42 Å². The van der Waals surface area contributed by atoms with Crippen molar-refractivity contribution in [1.29, 1.82) is 0 Å². The van der Waals surface area contributed by atoms with E-state index in [0.717, 1.165) is 24.6 Å². The number of halogens is 4. The minimum atomic E-state index is -4.49. The molecule has 1 aromatic heterocycles. The van der Waals surface area contributed by atoms with E-state index in [0.29, 0.717) is 21.9 Å². The van der Waals surface area contributed by atoms with Crippen LogP contribution in [0.5, 0.6) is 0 Å². The molecule has 0 N–H and O–H groups in total. The maximum absolute atomic E-state index is 13.2. The van der Waals surface area contributed by atoms with Crippen molar-refractivity contribution in [1.82, 2.24) is 4.98 Å². The van der Waals surface area contributed by atoms with Crippen molar-refractivity contribution in [2.24, 2.45) is 0 Å². The third-order valence-corrected chi connectivity index (χ3v) is 5.32. The predicted octanol–water partition coefficient (Wildman–Crippen LogP) is 4.81. The van der Waals surface area contributed by atoms with E-state index in [4.69, 9.17) is 11.6 Å². The summed E-state index contributed by atoms with van der Waals surface area (Å²) in [5.74, 6) is -0.751. The van der Waals surface area contributed by atoms with Gasteiger partial charge in [-0.05, 0) is 41.5 Å². The van der Waals surface area contributed by atoms with Gasteiger partial charge in [0.05, 0.1) is 16.2 Å². The molecule has 0 saturated heterocycles. The maximum atomic E-state index is 13.2. The number of hydrogen-bond acceptors (Lipinski definition) is 3. The fraction of sp³-hybridized carbons (Fsp3) is 0.167. The summed E-state index contributed by atoms with van der Waals surface area (Å²) >= 11 is 5.97. The second-order valence-corrected chi connectivity index (χ2v) is 8.35.